The number of Topliss-reactive ketones (excluding diaryl/α,β-unsaturated/α-hetero) is 1. The van der Waals surface area contributed by atoms with Crippen molar-refractivity contribution in [2.45, 2.75) is 64.1 Å². The van der Waals surface area contributed by atoms with Crippen LogP contribution in [0.3, 0.4) is 0 Å². The Hall–Kier alpha value is -1.24. The quantitative estimate of drug-likeness (QED) is 0.273. The van der Waals surface area contributed by atoms with Crippen LogP contribution in [0.25, 0.3) is 0 Å². The van der Waals surface area contributed by atoms with E-state index in [-0.39, 0.29) is 6.42 Å². The van der Waals surface area contributed by atoms with Gasteiger partial charge in [0, 0.05) is 12.3 Å². The second-order valence-corrected chi connectivity index (χ2v) is 6.31. The maximum Gasteiger partial charge on any atom is 0.320 e. The van der Waals surface area contributed by atoms with Crippen molar-refractivity contribution in [2.24, 2.45) is 11.3 Å². The van der Waals surface area contributed by atoms with Gasteiger partial charge >= 0.3 is 5.97 Å². The highest BCUT2D eigenvalue weighted by Gasteiger charge is 2.58. The Morgan fingerprint density at radius 2 is 2.00 bits per heavy atom. The summed E-state index contributed by atoms with van der Waals surface area (Å²) in [6.45, 7) is 1.27. The van der Waals surface area contributed by atoms with Crippen LogP contribution in [-0.2, 0) is 9.59 Å². The predicted octanol–water partition coefficient (Wildman–Crippen LogP) is 1.28. The third-order valence-corrected chi connectivity index (χ3v) is 4.65. The lowest BCUT2D eigenvalue weighted by atomic mass is 9.77. The Kier molecular flexibility index (Phi) is 7.88. The number of hydrogen-bond donors (Lipinski definition) is 4. The smallest absolute Gasteiger partial charge is 0.320 e. The Labute approximate surface area is 136 Å². The van der Waals surface area contributed by atoms with E-state index >= 15 is 0 Å². The standard InChI is InChI=1S/C17H28O6/c1-2-3-4-5-6-7-12(19)8-9-13-14(20)10-15(21)17(13,11-18)16(22)23/h8-9,12-14,18-20H,2-7,10-11H2,1H3,(H,22,23)/b9-8+/t12-,13-,14+,17?/m0/s1. The van der Waals surface area contributed by atoms with Gasteiger partial charge in [-0.15, -0.1) is 0 Å². The molecule has 0 bridgehead atoms. The monoisotopic (exact) mass is 328 g/mol. The SMILES string of the molecule is CCCCCCC[C@H](O)/C=C/[C@H]1[C@H](O)CC(=O)C1(CO)C(=O)O. The summed E-state index contributed by atoms with van der Waals surface area (Å²) < 4.78 is 0. The molecular weight excluding hydrogens is 300 g/mol. The van der Waals surface area contributed by atoms with Crippen molar-refractivity contribution in [1.29, 1.82) is 0 Å². The van der Waals surface area contributed by atoms with Gasteiger partial charge in [0.2, 0.25) is 0 Å². The number of aliphatic carboxylic acids is 1. The molecule has 4 atom stereocenters. The van der Waals surface area contributed by atoms with E-state index in [2.05, 4.69) is 6.92 Å². The maximum absolute atomic E-state index is 11.9. The van der Waals surface area contributed by atoms with Gasteiger partial charge in [-0.05, 0) is 6.42 Å². The molecule has 0 heterocycles. The van der Waals surface area contributed by atoms with Crippen LogP contribution in [0.4, 0.5) is 0 Å². The van der Waals surface area contributed by atoms with Gasteiger partial charge in [-0.3, -0.25) is 9.59 Å². The number of carbonyl (C=O) groups is 2. The summed E-state index contributed by atoms with van der Waals surface area (Å²) >= 11 is 0. The predicted molar refractivity (Wildman–Crippen MR) is 84.8 cm³/mol. The number of ketones is 1. The number of aliphatic hydroxyl groups excluding tert-OH is 3. The molecule has 1 unspecified atom stereocenters. The van der Waals surface area contributed by atoms with Crippen LogP contribution in [0.15, 0.2) is 12.2 Å². The molecule has 6 heteroatoms. The lowest BCUT2D eigenvalue weighted by Crippen LogP contribution is -2.45. The molecule has 23 heavy (non-hydrogen) atoms. The van der Waals surface area contributed by atoms with E-state index in [9.17, 15) is 30.0 Å². The first kappa shape index (κ1) is 19.8. The highest BCUT2D eigenvalue weighted by atomic mass is 16.4. The average molecular weight is 328 g/mol. The number of rotatable bonds is 10. The molecule has 1 aliphatic carbocycles. The van der Waals surface area contributed by atoms with Crippen molar-refractivity contribution in [1.82, 2.24) is 0 Å². The number of hydrogen-bond acceptors (Lipinski definition) is 5. The van der Waals surface area contributed by atoms with E-state index in [0.717, 1.165) is 25.7 Å². The van der Waals surface area contributed by atoms with Gasteiger partial charge in [-0.2, -0.15) is 0 Å². The second kappa shape index (κ2) is 9.15. The van der Waals surface area contributed by atoms with Gasteiger partial charge < -0.3 is 20.4 Å². The topological polar surface area (TPSA) is 115 Å². The second-order valence-electron chi connectivity index (χ2n) is 6.31. The summed E-state index contributed by atoms with van der Waals surface area (Å²) in [5, 5.41) is 38.6. The Bertz CT molecular complexity index is 433. The van der Waals surface area contributed by atoms with Gasteiger partial charge in [0.05, 0.1) is 18.8 Å². The molecule has 1 fully saturated rings. The zero-order chi connectivity index (χ0) is 17.5. The lowest BCUT2D eigenvalue weighted by molar-refractivity contribution is -0.158. The number of carboxylic acids is 1. The third-order valence-electron chi connectivity index (χ3n) is 4.65. The molecule has 0 aliphatic heterocycles. The normalized spacial score (nSPS) is 29.3. The Balaban J connectivity index is 2.65. The van der Waals surface area contributed by atoms with E-state index in [1.807, 2.05) is 0 Å². The van der Waals surface area contributed by atoms with Gasteiger partial charge in [0.25, 0.3) is 0 Å². The van der Waals surface area contributed by atoms with Crippen molar-refractivity contribution in [2.75, 3.05) is 6.61 Å². The van der Waals surface area contributed by atoms with Gasteiger partial charge in [-0.25, -0.2) is 0 Å². The zero-order valence-electron chi connectivity index (χ0n) is 13.6. The first-order valence-electron chi connectivity index (χ1n) is 8.32. The highest BCUT2D eigenvalue weighted by Crippen LogP contribution is 2.41. The largest absolute Gasteiger partial charge is 0.480 e. The molecule has 4 N–H and O–H groups in total. The molecule has 0 saturated heterocycles. The molecule has 1 aliphatic rings. The third kappa shape index (κ3) is 4.62. The van der Waals surface area contributed by atoms with Gasteiger partial charge in [-0.1, -0.05) is 51.2 Å². The molecular formula is C17H28O6. The molecule has 0 radical (unpaired) electrons. The zero-order valence-corrected chi connectivity index (χ0v) is 13.6. The van der Waals surface area contributed by atoms with Crippen LogP contribution < -0.4 is 0 Å². The fourth-order valence-corrected chi connectivity index (χ4v) is 3.13. The fourth-order valence-electron chi connectivity index (χ4n) is 3.13. The molecule has 0 aromatic heterocycles. The minimum Gasteiger partial charge on any atom is -0.480 e. The molecule has 1 rings (SSSR count). The summed E-state index contributed by atoms with van der Waals surface area (Å²) in [6.07, 6.45) is 6.48. The van der Waals surface area contributed by atoms with Crippen LogP contribution >= 0.6 is 0 Å². The Morgan fingerprint density at radius 1 is 1.35 bits per heavy atom. The van der Waals surface area contributed by atoms with Crippen LogP contribution in [0, 0.1) is 11.3 Å². The first-order valence-corrected chi connectivity index (χ1v) is 8.32. The molecule has 0 aromatic rings. The number of unbranched alkanes of at least 4 members (excludes halogenated alkanes) is 4. The molecule has 0 spiro atoms. The van der Waals surface area contributed by atoms with E-state index < -0.39 is 41.9 Å². The fraction of sp³-hybridized carbons (Fsp3) is 0.765. The van der Waals surface area contributed by atoms with Gasteiger partial charge in [0.1, 0.15) is 0 Å². The van der Waals surface area contributed by atoms with E-state index in [1.54, 1.807) is 0 Å². The van der Waals surface area contributed by atoms with Crippen LogP contribution in [0.2, 0.25) is 0 Å². The molecule has 6 nitrogen and oxygen atoms in total. The van der Waals surface area contributed by atoms with Crippen LogP contribution in [0.1, 0.15) is 51.9 Å². The Morgan fingerprint density at radius 3 is 2.57 bits per heavy atom. The minimum atomic E-state index is -2.00. The molecule has 132 valence electrons. The van der Waals surface area contributed by atoms with Gasteiger partial charge in [0.15, 0.2) is 11.2 Å². The number of aliphatic hydroxyl groups is 3. The summed E-state index contributed by atoms with van der Waals surface area (Å²) in [7, 11) is 0. The van der Waals surface area contributed by atoms with Crippen molar-refractivity contribution in [3.8, 4) is 0 Å². The van der Waals surface area contributed by atoms with Crippen molar-refractivity contribution >= 4 is 11.8 Å². The molecule has 0 amide bonds. The van der Waals surface area contributed by atoms with E-state index in [4.69, 9.17) is 0 Å². The minimum absolute atomic E-state index is 0.297. The number of carbonyl (C=O) groups excluding carboxylic acids is 1. The lowest BCUT2D eigenvalue weighted by Gasteiger charge is -2.26. The van der Waals surface area contributed by atoms with E-state index in [0.29, 0.717) is 6.42 Å². The highest BCUT2D eigenvalue weighted by molar-refractivity contribution is 6.06. The van der Waals surface area contributed by atoms with Crippen molar-refractivity contribution in [3.05, 3.63) is 12.2 Å². The first-order chi connectivity index (χ1) is 10.9. The molecule has 0 aromatic carbocycles. The summed E-state index contributed by atoms with van der Waals surface area (Å²) in [5.41, 5.74) is -2.00. The average Bonchev–Trinajstić information content (AvgIpc) is 2.75. The molecule has 1 saturated carbocycles. The van der Waals surface area contributed by atoms with Crippen LogP contribution in [-0.4, -0.2) is 51.0 Å². The summed E-state index contributed by atoms with van der Waals surface area (Å²) in [6, 6.07) is 0. The van der Waals surface area contributed by atoms with Crippen molar-refractivity contribution < 1.29 is 30.0 Å². The summed E-state index contributed by atoms with van der Waals surface area (Å²) in [5.74, 6) is -3.14. The van der Waals surface area contributed by atoms with Crippen molar-refractivity contribution in [3.63, 3.8) is 0 Å². The summed E-state index contributed by atoms with van der Waals surface area (Å²) in [4.78, 5) is 23.4. The number of carboxylic acid groups (broad SMARTS) is 1. The maximum atomic E-state index is 11.9. The van der Waals surface area contributed by atoms with E-state index in [1.165, 1.54) is 18.6 Å². The van der Waals surface area contributed by atoms with Crippen LogP contribution in [0.5, 0.6) is 0 Å².